The molecule has 5 heteroatoms. The topological polar surface area (TPSA) is 53.1 Å². The van der Waals surface area contributed by atoms with Crippen molar-refractivity contribution >= 4 is 11.6 Å². The fourth-order valence-corrected chi connectivity index (χ4v) is 1.48. The predicted octanol–water partition coefficient (Wildman–Crippen LogP) is 1.66. The van der Waals surface area contributed by atoms with Crippen molar-refractivity contribution < 1.29 is 0 Å². The Morgan fingerprint density at radius 1 is 1.29 bits per heavy atom. The van der Waals surface area contributed by atoms with Crippen LogP contribution in [0.1, 0.15) is 20.3 Å². The standard InChI is InChI=1S/C12H23N5/c1-5-14-11-8-13-9-12(16-11)15-10(2)6-7-17(3)4/h8-10H,5-7H2,1-4H3,(H2,14,15,16). The van der Waals surface area contributed by atoms with E-state index in [2.05, 4.69) is 46.5 Å². The fraction of sp³-hybridized carbons (Fsp3) is 0.667. The zero-order valence-corrected chi connectivity index (χ0v) is 11.2. The van der Waals surface area contributed by atoms with E-state index in [1.54, 1.807) is 12.4 Å². The number of nitrogens with one attached hydrogen (secondary N) is 2. The van der Waals surface area contributed by atoms with E-state index in [1.165, 1.54) is 0 Å². The zero-order valence-electron chi connectivity index (χ0n) is 11.2. The summed E-state index contributed by atoms with van der Waals surface area (Å²) in [5.74, 6) is 1.65. The molecule has 0 aliphatic carbocycles. The van der Waals surface area contributed by atoms with Crippen LogP contribution in [-0.4, -0.2) is 48.1 Å². The van der Waals surface area contributed by atoms with Gasteiger partial charge in [0.05, 0.1) is 12.4 Å². The van der Waals surface area contributed by atoms with Gasteiger partial charge in [-0.05, 0) is 40.9 Å². The fourth-order valence-electron chi connectivity index (χ4n) is 1.48. The second-order valence-electron chi connectivity index (χ2n) is 4.46. The molecule has 0 spiro atoms. The van der Waals surface area contributed by atoms with Gasteiger partial charge in [0.15, 0.2) is 0 Å². The van der Waals surface area contributed by atoms with Crippen molar-refractivity contribution in [2.24, 2.45) is 0 Å². The van der Waals surface area contributed by atoms with Crippen LogP contribution in [0.25, 0.3) is 0 Å². The van der Waals surface area contributed by atoms with Gasteiger partial charge in [-0.25, -0.2) is 4.98 Å². The van der Waals surface area contributed by atoms with Crippen molar-refractivity contribution in [1.29, 1.82) is 0 Å². The lowest BCUT2D eigenvalue weighted by atomic mass is 10.2. The molecular formula is C12H23N5. The van der Waals surface area contributed by atoms with Crippen LogP contribution >= 0.6 is 0 Å². The summed E-state index contributed by atoms with van der Waals surface area (Å²) >= 11 is 0. The molecule has 1 unspecified atom stereocenters. The van der Waals surface area contributed by atoms with Crippen molar-refractivity contribution in [1.82, 2.24) is 14.9 Å². The van der Waals surface area contributed by atoms with Gasteiger partial charge in [0.1, 0.15) is 11.6 Å². The average molecular weight is 237 g/mol. The lowest BCUT2D eigenvalue weighted by molar-refractivity contribution is 0.390. The Morgan fingerprint density at radius 3 is 2.65 bits per heavy atom. The van der Waals surface area contributed by atoms with E-state index in [-0.39, 0.29) is 0 Å². The molecule has 0 aliphatic heterocycles. The number of anilines is 2. The first-order chi connectivity index (χ1) is 8.11. The number of hydrogen-bond donors (Lipinski definition) is 2. The van der Waals surface area contributed by atoms with Crippen molar-refractivity contribution in [3.63, 3.8) is 0 Å². The van der Waals surface area contributed by atoms with Gasteiger partial charge in [0, 0.05) is 12.6 Å². The average Bonchev–Trinajstić information content (AvgIpc) is 2.27. The van der Waals surface area contributed by atoms with Crippen LogP contribution in [0.5, 0.6) is 0 Å². The van der Waals surface area contributed by atoms with Crippen LogP contribution < -0.4 is 10.6 Å². The maximum absolute atomic E-state index is 4.43. The molecule has 1 aromatic rings. The van der Waals surface area contributed by atoms with E-state index < -0.39 is 0 Å². The first-order valence-corrected chi connectivity index (χ1v) is 6.09. The molecule has 1 heterocycles. The molecule has 0 saturated heterocycles. The largest absolute Gasteiger partial charge is 0.369 e. The Hall–Kier alpha value is -1.36. The summed E-state index contributed by atoms with van der Waals surface area (Å²) in [7, 11) is 4.16. The lowest BCUT2D eigenvalue weighted by Crippen LogP contribution is -2.23. The van der Waals surface area contributed by atoms with Crippen LogP contribution in [0.4, 0.5) is 11.6 Å². The molecule has 1 rings (SSSR count). The van der Waals surface area contributed by atoms with Gasteiger partial charge < -0.3 is 15.5 Å². The Labute approximate surface area is 104 Å². The van der Waals surface area contributed by atoms with Crippen molar-refractivity contribution in [2.75, 3.05) is 37.8 Å². The Morgan fingerprint density at radius 2 is 2.00 bits per heavy atom. The highest BCUT2D eigenvalue weighted by Crippen LogP contribution is 2.08. The first-order valence-electron chi connectivity index (χ1n) is 6.09. The molecule has 2 N–H and O–H groups in total. The van der Waals surface area contributed by atoms with Crippen LogP contribution in [-0.2, 0) is 0 Å². The monoisotopic (exact) mass is 237 g/mol. The summed E-state index contributed by atoms with van der Waals surface area (Å²) in [5, 5.41) is 6.51. The minimum absolute atomic E-state index is 0.392. The van der Waals surface area contributed by atoms with Gasteiger partial charge in [0.25, 0.3) is 0 Å². The molecular weight excluding hydrogens is 214 g/mol. The molecule has 0 radical (unpaired) electrons. The van der Waals surface area contributed by atoms with Crippen molar-refractivity contribution in [3.05, 3.63) is 12.4 Å². The van der Waals surface area contributed by atoms with Crippen LogP contribution in [0, 0.1) is 0 Å². The zero-order chi connectivity index (χ0) is 12.7. The van der Waals surface area contributed by atoms with Gasteiger partial charge in [-0.2, -0.15) is 0 Å². The molecule has 0 fully saturated rings. The Bertz CT molecular complexity index is 326. The summed E-state index contributed by atoms with van der Waals surface area (Å²) in [6.07, 6.45) is 4.58. The van der Waals surface area contributed by atoms with E-state index in [0.717, 1.165) is 31.1 Å². The molecule has 1 atom stereocenters. The summed E-state index contributed by atoms with van der Waals surface area (Å²) in [4.78, 5) is 10.8. The normalized spacial score (nSPS) is 12.5. The minimum atomic E-state index is 0.392. The van der Waals surface area contributed by atoms with E-state index in [1.807, 2.05) is 6.92 Å². The molecule has 17 heavy (non-hydrogen) atoms. The molecule has 0 bridgehead atoms. The van der Waals surface area contributed by atoms with E-state index in [4.69, 9.17) is 0 Å². The van der Waals surface area contributed by atoms with Gasteiger partial charge in [-0.15, -0.1) is 0 Å². The molecule has 0 amide bonds. The highest BCUT2D eigenvalue weighted by Gasteiger charge is 2.04. The van der Waals surface area contributed by atoms with Gasteiger partial charge in [0.2, 0.25) is 0 Å². The molecule has 1 aromatic heterocycles. The maximum atomic E-state index is 4.43. The molecule has 5 nitrogen and oxygen atoms in total. The third-order valence-electron chi connectivity index (χ3n) is 2.40. The number of rotatable bonds is 7. The highest BCUT2D eigenvalue weighted by atomic mass is 15.1. The molecule has 0 aliphatic rings. The van der Waals surface area contributed by atoms with Crippen molar-refractivity contribution in [2.45, 2.75) is 26.3 Å². The van der Waals surface area contributed by atoms with Crippen LogP contribution in [0.15, 0.2) is 12.4 Å². The van der Waals surface area contributed by atoms with Gasteiger partial charge in [-0.1, -0.05) is 0 Å². The summed E-state index contributed by atoms with van der Waals surface area (Å²) in [6, 6.07) is 0.392. The van der Waals surface area contributed by atoms with E-state index >= 15 is 0 Å². The summed E-state index contributed by atoms with van der Waals surface area (Å²) in [6.45, 7) is 6.12. The third-order valence-corrected chi connectivity index (χ3v) is 2.40. The molecule has 0 aromatic carbocycles. The quantitative estimate of drug-likeness (QED) is 0.755. The number of aromatic nitrogens is 2. The minimum Gasteiger partial charge on any atom is -0.369 e. The third kappa shape index (κ3) is 5.49. The van der Waals surface area contributed by atoms with Crippen molar-refractivity contribution in [3.8, 4) is 0 Å². The Balaban J connectivity index is 2.46. The second-order valence-corrected chi connectivity index (χ2v) is 4.46. The van der Waals surface area contributed by atoms with Gasteiger partial charge >= 0.3 is 0 Å². The van der Waals surface area contributed by atoms with Crippen LogP contribution in [0.3, 0.4) is 0 Å². The predicted molar refractivity (Wildman–Crippen MR) is 72.5 cm³/mol. The molecule has 0 saturated carbocycles. The maximum Gasteiger partial charge on any atom is 0.147 e. The second kappa shape index (κ2) is 7.06. The SMILES string of the molecule is CCNc1cncc(NC(C)CCN(C)C)n1. The van der Waals surface area contributed by atoms with E-state index in [9.17, 15) is 0 Å². The summed E-state index contributed by atoms with van der Waals surface area (Å²) in [5.41, 5.74) is 0. The first kappa shape index (κ1) is 13.7. The van der Waals surface area contributed by atoms with Gasteiger partial charge in [-0.3, -0.25) is 4.98 Å². The summed E-state index contributed by atoms with van der Waals surface area (Å²) < 4.78 is 0. The van der Waals surface area contributed by atoms with E-state index in [0.29, 0.717) is 6.04 Å². The lowest BCUT2D eigenvalue weighted by Gasteiger charge is -2.17. The Kier molecular flexibility index (Phi) is 5.69. The number of nitrogens with zero attached hydrogens (tertiary/aromatic N) is 3. The molecule has 96 valence electrons. The number of hydrogen-bond acceptors (Lipinski definition) is 5. The smallest absolute Gasteiger partial charge is 0.147 e. The highest BCUT2D eigenvalue weighted by molar-refractivity contribution is 5.41. The van der Waals surface area contributed by atoms with Crippen LogP contribution in [0.2, 0.25) is 0 Å².